The number of nitrogens with zero attached hydrogens (tertiary/aromatic N) is 1. The van der Waals surface area contributed by atoms with Gasteiger partial charge in [0.15, 0.2) is 0 Å². The van der Waals surface area contributed by atoms with Gasteiger partial charge in [-0.3, -0.25) is 4.99 Å². The number of benzene rings is 2. The Bertz CT molecular complexity index is 753. The van der Waals surface area contributed by atoms with Gasteiger partial charge in [0.05, 0.1) is 5.69 Å². The highest BCUT2D eigenvalue weighted by molar-refractivity contribution is 5.96. The van der Waals surface area contributed by atoms with Gasteiger partial charge < -0.3 is 4.74 Å². The van der Waals surface area contributed by atoms with Crippen molar-refractivity contribution in [2.24, 2.45) is 4.99 Å². The zero-order valence-corrected chi connectivity index (χ0v) is 12.5. The number of aliphatic imine (C=N–C) groups is 1. The largest absolute Gasteiger partial charge is 0.490 e. The lowest BCUT2D eigenvalue weighted by Gasteiger charge is -2.06. The quantitative estimate of drug-likeness (QED) is 0.379. The Hall–Kier alpha value is -2.87. The van der Waals surface area contributed by atoms with E-state index in [0.29, 0.717) is 6.61 Å². The van der Waals surface area contributed by atoms with E-state index in [9.17, 15) is 0 Å². The van der Waals surface area contributed by atoms with Crippen LogP contribution in [0.1, 0.15) is 0 Å². The molecule has 0 aromatic heterocycles. The summed E-state index contributed by atoms with van der Waals surface area (Å²) in [5, 5.41) is 2.16. The normalized spacial score (nSPS) is 11.1. The van der Waals surface area contributed by atoms with Crippen LogP contribution in [-0.4, -0.2) is 12.8 Å². The Morgan fingerprint density at radius 1 is 1.18 bits per heavy atom. The van der Waals surface area contributed by atoms with Crippen molar-refractivity contribution in [3.8, 4) is 5.75 Å². The average Bonchev–Trinajstić information content (AvgIpc) is 2.56. The predicted octanol–water partition coefficient (Wildman–Crippen LogP) is 5.41. The van der Waals surface area contributed by atoms with Gasteiger partial charge >= 0.3 is 0 Å². The molecule has 0 aliphatic heterocycles. The van der Waals surface area contributed by atoms with Crippen LogP contribution < -0.4 is 4.74 Å². The first kappa shape index (κ1) is 15.5. The van der Waals surface area contributed by atoms with E-state index >= 15 is 0 Å². The van der Waals surface area contributed by atoms with Crippen LogP contribution in [0.5, 0.6) is 5.75 Å². The van der Waals surface area contributed by atoms with Crippen molar-refractivity contribution in [2.45, 2.75) is 0 Å². The second-order valence-electron chi connectivity index (χ2n) is 4.69. The minimum Gasteiger partial charge on any atom is -0.490 e. The summed E-state index contributed by atoms with van der Waals surface area (Å²) in [7, 11) is 0. The summed E-state index contributed by atoms with van der Waals surface area (Å²) in [5.74, 6) is 0.806. The molecule has 2 rings (SSSR count). The fraction of sp³-hybridized carbons (Fsp3) is 0.0500. The molecule has 0 aliphatic carbocycles. The van der Waals surface area contributed by atoms with Gasteiger partial charge in [0.25, 0.3) is 0 Å². The number of fused-ring (bicyclic) bond motifs is 1. The molecule has 2 aromatic carbocycles. The van der Waals surface area contributed by atoms with Gasteiger partial charge in [-0.15, -0.1) is 0 Å². The molecule has 0 heterocycles. The highest BCUT2D eigenvalue weighted by Gasteiger charge is 2.01. The van der Waals surface area contributed by atoms with E-state index in [1.165, 1.54) is 0 Å². The molecule has 0 spiro atoms. The Morgan fingerprint density at radius 3 is 2.82 bits per heavy atom. The van der Waals surface area contributed by atoms with E-state index in [1.54, 1.807) is 18.4 Å². The molecule has 22 heavy (non-hydrogen) atoms. The summed E-state index contributed by atoms with van der Waals surface area (Å²) in [6, 6.07) is 12.0. The molecule has 2 aromatic rings. The summed E-state index contributed by atoms with van der Waals surface area (Å²) in [6.45, 7) is 11.7. The van der Waals surface area contributed by atoms with E-state index in [4.69, 9.17) is 4.74 Å². The van der Waals surface area contributed by atoms with Crippen LogP contribution in [-0.2, 0) is 0 Å². The van der Waals surface area contributed by atoms with E-state index < -0.39 is 0 Å². The molecule has 0 atom stereocenters. The summed E-state index contributed by atoms with van der Waals surface area (Å²) < 4.78 is 5.59. The molecule has 0 radical (unpaired) electrons. The predicted molar refractivity (Wildman–Crippen MR) is 96.3 cm³/mol. The molecule has 0 saturated heterocycles. The molecule has 2 nitrogen and oxygen atoms in total. The fourth-order valence-electron chi connectivity index (χ4n) is 1.98. The first-order valence-electron chi connectivity index (χ1n) is 7.03. The zero-order valence-electron chi connectivity index (χ0n) is 12.5. The molecule has 0 saturated carbocycles. The SMILES string of the molecule is C=C/C=C\C(=C)C=Nc1cccc2ccc(OCC=C)cc12. The van der Waals surface area contributed by atoms with Gasteiger partial charge in [-0.05, 0) is 29.2 Å². The van der Waals surface area contributed by atoms with Crippen molar-refractivity contribution in [3.63, 3.8) is 0 Å². The van der Waals surface area contributed by atoms with E-state index in [2.05, 4.69) is 30.8 Å². The van der Waals surface area contributed by atoms with Crippen molar-refractivity contribution >= 4 is 22.7 Å². The summed E-state index contributed by atoms with van der Waals surface area (Å²) in [5.41, 5.74) is 1.70. The summed E-state index contributed by atoms with van der Waals surface area (Å²) in [4.78, 5) is 4.52. The Labute approximate surface area is 131 Å². The molecular formula is C20H19NO. The van der Waals surface area contributed by atoms with Crippen molar-refractivity contribution in [3.05, 3.63) is 86.0 Å². The number of allylic oxidation sites excluding steroid dienone is 4. The summed E-state index contributed by atoms with van der Waals surface area (Å²) >= 11 is 0. The molecule has 0 unspecified atom stereocenters. The van der Waals surface area contributed by atoms with Crippen LogP contribution in [0.2, 0.25) is 0 Å². The standard InChI is InChI=1S/C20H19NO/c1-4-6-8-16(3)15-21-20-10-7-9-17-11-12-18(14-19(17)20)22-13-5-2/h4-12,14-15H,1-3,13H2/b8-6-,21-15?. The van der Waals surface area contributed by atoms with E-state index in [1.807, 2.05) is 42.5 Å². The smallest absolute Gasteiger partial charge is 0.120 e. The summed E-state index contributed by atoms with van der Waals surface area (Å²) in [6.07, 6.45) is 8.87. The maximum atomic E-state index is 5.59. The molecule has 110 valence electrons. The zero-order chi connectivity index (χ0) is 15.8. The number of hydrogen-bond donors (Lipinski definition) is 0. The highest BCUT2D eigenvalue weighted by atomic mass is 16.5. The van der Waals surface area contributed by atoms with Crippen molar-refractivity contribution in [1.82, 2.24) is 0 Å². The van der Waals surface area contributed by atoms with Crippen LogP contribution >= 0.6 is 0 Å². The number of hydrogen-bond acceptors (Lipinski definition) is 2. The van der Waals surface area contributed by atoms with Gasteiger partial charge in [-0.25, -0.2) is 0 Å². The van der Waals surface area contributed by atoms with Gasteiger partial charge in [-0.1, -0.05) is 62.2 Å². The van der Waals surface area contributed by atoms with Crippen LogP contribution in [0.25, 0.3) is 10.8 Å². The monoisotopic (exact) mass is 289 g/mol. The molecular weight excluding hydrogens is 270 g/mol. The molecule has 2 heteroatoms. The Kier molecular flexibility index (Phi) is 5.50. The number of rotatable bonds is 7. The van der Waals surface area contributed by atoms with Gasteiger partial charge in [0.1, 0.15) is 12.4 Å². The third-order valence-electron chi connectivity index (χ3n) is 3.01. The molecule has 0 N–H and O–H groups in total. The van der Waals surface area contributed by atoms with Crippen molar-refractivity contribution < 1.29 is 4.74 Å². The van der Waals surface area contributed by atoms with Crippen LogP contribution in [0.15, 0.2) is 91.0 Å². The van der Waals surface area contributed by atoms with Gasteiger partial charge in [-0.2, -0.15) is 0 Å². The van der Waals surface area contributed by atoms with Crippen LogP contribution in [0, 0.1) is 0 Å². The third-order valence-corrected chi connectivity index (χ3v) is 3.01. The van der Waals surface area contributed by atoms with Gasteiger partial charge in [0, 0.05) is 11.6 Å². The van der Waals surface area contributed by atoms with E-state index in [0.717, 1.165) is 27.8 Å². The maximum Gasteiger partial charge on any atom is 0.120 e. The number of ether oxygens (including phenoxy) is 1. The lowest BCUT2D eigenvalue weighted by Crippen LogP contribution is -1.92. The lowest BCUT2D eigenvalue weighted by molar-refractivity contribution is 0.364. The van der Waals surface area contributed by atoms with Crippen LogP contribution in [0.4, 0.5) is 5.69 Å². The second kappa shape index (κ2) is 7.79. The Balaban J connectivity index is 2.34. The lowest BCUT2D eigenvalue weighted by atomic mass is 10.1. The first-order chi connectivity index (χ1) is 10.7. The molecule has 0 aliphatic rings. The topological polar surface area (TPSA) is 21.6 Å². The van der Waals surface area contributed by atoms with Crippen molar-refractivity contribution in [1.29, 1.82) is 0 Å². The minimum atomic E-state index is 0.486. The Morgan fingerprint density at radius 2 is 2.05 bits per heavy atom. The minimum absolute atomic E-state index is 0.486. The maximum absolute atomic E-state index is 5.59. The fourth-order valence-corrected chi connectivity index (χ4v) is 1.98. The highest BCUT2D eigenvalue weighted by Crippen LogP contribution is 2.29. The van der Waals surface area contributed by atoms with Gasteiger partial charge in [0.2, 0.25) is 0 Å². The third kappa shape index (κ3) is 4.06. The van der Waals surface area contributed by atoms with Crippen molar-refractivity contribution in [2.75, 3.05) is 6.61 Å². The first-order valence-corrected chi connectivity index (χ1v) is 7.03. The molecule has 0 fully saturated rings. The molecule has 0 bridgehead atoms. The van der Waals surface area contributed by atoms with E-state index in [-0.39, 0.29) is 0 Å². The second-order valence-corrected chi connectivity index (χ2v) is 4.69. The molecule has 0 amide bonds. The average molecular weight is 289 g/mol. The van der Waals surface area contributed by atoms with Crippen LogP contribution in [0.3, 0.4) is 0 Å².